The SMILES string of the molecule is CCNC(CCc1cccs1)Cc1ccc(Cl)cc1. The summed E-state index contributed by atoms with van der Waals surface area (Å²) in [6, 6.07) is 13.1. The van der Waals surface area contributed by atoms with Crippen LogP contribution >= 0.6 is 22.9 Å². The van der Waals surface area contributed by atoms with Gasteiger partial charge in [-0.3, -0.25) is 0 Å². The lowest BCUT2D eigenvalue weighted by Gasteiger charge is -2.17. The van der Waals surface area contributed by atoms with Crippen molar-refractivity contribution in [2.45, 2.75) is 32.2 Å². The predicted octanol–water partition coefficient (Wildman–Crippen LogP) is 4.55. The van der Waals surface area contributed by atoms with Gasteiger partial charge in [-0.05, 0) is 54.9 Å². The lowest BCUT2D eigenvalue weighted by molar-refractivity contribution is 0.492. The van der Waals surface area contributed by atoms with Crippen LogP contribution in [0.4, 0.5) is 0 Å². The van der Waals surface area contributed by atoms with Crippen LogP contribution < -0.4 is 5.32 Å². The Morgan fingerprint density at radius 2 is 2.00 bits per heavy atom. The molecule has 0 spiro atoms. The standard InChI is InChI=1S/C16H20ClNS/c1-2-18-15(9-10-16-4-3-11-19-16)12-13-5-7-14(17)8-6-13/h3-8,11,15,18H,2,9-10,12H2,1H3. The van der Waals surface area contributed by atoms with Crippen molar-refractivity contribution in [3.05, 3.63) is 57.2 Å². The number of likely N-dealkylation sites (N-methyl/N-ethyl adjacent to an activating group) is 1. The summed E-state index contributed by atoms with van der Waals surface area (Å²) < 4.78 is 0. The van der Waals surface area contributed by atoms with Crippen LogP contribution in [0.5, 0.6) is 0 Å². The van der Waals surface area contributed by atoms with Crippen molar-refractivity contribution in [3.63, 3.8) is 0 Å². The lowest BCUT2D eigenvalue weighted by Crippen LogP contribution is -2.31. The largest absolute Gasteiger partial charge is 0.314 e. The number of hydrogen-bond donors (Lipinski definition) is 1. The fourth-order valence-electron chi connectivity index (χ4n) is 2.24. The van der Waals surface area contributed by atoms with Gasteiger partial charge in [0, 0.05) is 15.9 Å². The van der Waals surface area contributed by atoms with Gasteiger partial charge in [-0.15, -0.1) is 11.3 Å². The van der Waals surface area contributed by atoms with E-state index in [1.54, 1.807) is 0 Å². The highest BCUT2D eigenvalue weighted by Gasteiger charge is 2.09. The lowest BCUT2D eigenvalue weighted by atomic mass is 10.0. The molecule has 0 aliphatic rings. The Hall–Kier alpha value is -0.830. The molecular weight excluding hydrogens is 274 g/mol. The highest BCUT2D eigenvalue weighted by atomic mass is 35.5. The highest BCUT2D eigenvalue weighted by molar-refractivity contribution is 7.09. The van der Waals surface area contributed by atoms with Gasteiger partial charge in [0.25, 0.3) is 0 Å². The summed E-state index contributed by atoms with van der Waals surface area (Å²) in [5, 5.41) is 6.54. The second kappa shape index (κ2) is 7.68. The van der Waals surface area contributed by atoms with Crippen molar-refractivity contribution < 1.29 is 0 Å². The molecule has 2 rings (SSSR count). The minimum atomic E-state index is 0.535. The van der Waals surface area contributed by atoms with E-state index in [9.17, 15) is 0 Å². The smallest absolute Gasteiger partial charge is 0.0406 e. The molecule has 1 N–H and O–H groups in total. The topological polar surface area (TPSA) is 12.0 Å². The van der Waals surface area contributed by atoms with Crippen LogP contribution in [0.25, 0.3) is 0 Å². The van der Waals surface area contributed by atoms with Gasteiger partial charge in [0.1, 0.15) is 0 Å². The summed E-state index contributed by atoms with van der Waals surface area (Å²) in [5.74, 6) is 0. The van der Waals surface area contributed by atoms with Crippen LogP contribution in [0, 0.1) is 0 Å². The molecule has 0 bridgehead atoms. The average molecular weight is 294 g/mol. The Morgan fingerprint density at radius 1 is 1.21 bits per heavy atom. The van der Waals surface area contributed by atoms with E-state index < -0.39 is 0 Å². The van der Waals surface area contributed by atoms with E-state index in [1.807, 2.05) is 23.5 Å². The molecule has 0 amide bonds. The average Bonchev–Trinajstić information content (AvgIpc) is 2.92. The van der Waals surface area contributed by atoms with Gasteiger partial charge in [0.05, 0.1) is 0 Å². The molecule has 2 aromatic rings. The first-order chi connectivity index (χ1) is 9.28. The van der Waals surface area contributed by atoms with Crippen molar-refractivity contribution >= 4 is 22.9 Å². The Bertz CT molecular complexity index is 464. The zero-order valence-electron chi connectivity index (χ0n) is 11.2. The number of halogens is 1. The number of nitrogens with one attached hydrogen (secondary N) is 1. The Kier molecular flexibility index (Phi) is 5.90. The van der Waals surface area contributed by atoms with E-state index in [1.165, 1.54) is 16.9 Å². The second-order valence-corrected chi connectivity index (χ2v) is 6.17. The van der Waals surface area contributed by atoms with Gasteiger partial charge in [-0.25, -0.2) is 0 Å². The van der Waals surface area contributed by atoms with Crippen molar-refractivity contribution in [2.75, 3.05) is 6.54 Å². The minimum Gasteiger partial charge on any atom is -0.314 e. The molecule has 102 valence electrons. The van der Waals surface area contributed by atoms with Gasteiger partial charge in [0.2, 0.25) is 0 Å². The van der Waals surface area contributed by atoms with Crippen LogP contribution in [0.1, 0.15) is 23.8 Å². The number of rotatable bonds is 7. The third-order valence-corrected chi connectivity index (χ3v) is 4.40. The summed E-state index contributed by atoms with van der Waals surface area (Å²) in [6.45, 7) is 3.18. The highest BCUT2D eigenvalue weighted by Crippen LogP contribution is 2.15. The minimum absolute atomic E-state index is 0.535. The van der Waals surface area contributed by atoms with E-state index in [2.05, 4.69) is 41.9 Å². The van der Waals surface area contributed by atoms with E-state index in [0.29, 0.717) is 6.04 Å². The van der Waals surface area contributed by atoms with Crippen molar-refractivity contribution in [1.82, 2.24) is 5.32 Å². The van der Waals surface area contributed by atoms with Gasteiger partial charge in [-0.1, -0.05) is 36.7 Å². The van der Waals surface area contributed by atoms with Crippen molar-refractivity contribution in [2.24, 2.45) is 0 Å². The summed E-state index contributed by atoms with van der Waals surface area (Å²) >= 11 is 7.77. The van der Waals surface area contributed by atoms with Crippen LogP contribution in [0.15, 0.2) is 41.8 Å². The summed E-state index contributed by atoms with van der Waals surface area (Å²) in [5.41, 5.74) is 1.35. The predicted molar refractivity (Wildman–Crippen MR) is 85.3 cm³/mol. The normalized spacial score (nSPS) is 12.5. The molecule has 1 aromatic carbocycles. The molecule has 0 aliphatic heterocycles. The maximum Gasteiger partial charge on any atom is 0.0406 e. The summed E-state index contributed by atoms with van der Waals surface area (Å²) in [7, 11) is 0. The Morgan fingerprint density at radius 3 is 2.63 bits per heavy atom. The molecule has 1 aromatic heterocycles. The molecule has 3 heteroatoms. The number of thiophene rings is 1. The molecule has 1 unspecified atom stereocenters. The molecule has 0 saturated carbocycles. The first-order valence-corrected chi connectivity index (χ1v) is 8.04. The van der Waals surface area contributed by atoms with Gasteiger partial charge in [-0.2, -0.15) is 0 Å². The molecule has 19 heavy (non-hydrogen) atoms. The van der Waals surface area contributed by atoms with Crippen LogP contribution in [-0.4, -0.2) is 12.6 Å². The first kappa shape index (κ1) is 14.6. The van der Waals surface area contributed by atoms with Gasteiger partial charge < -0.3 is 5.32 Å². The molecule has 1 heterocycles. The molecule has 0 fully saturated rings. The molecular formula is C16H20ClNS. The monoisotopic (exact) mass is 293 g/mol. The maximum atomic E-state index is 5.92. The molecule has 0 saturated heterocycles. The number of aryl methyl sites for hydroxylation is 1. The summed E-state index contributed by atoms with van der Waals surface area (Å²) in [6.07, 6.45) is 3.40. The van der Waals surface area contributed by atoms with E-state index in [4.69, 9.17) is 11.6 Å². The van der Waals surface area contributed by atoms with Crippen molar-refractivity contribution in [1.29, 1.82) is 0 Å². The zero-order valence-corrected chi connectivity index (χ0v) is 12.8. The zero-order chi connectivity index (χ0) is 13.5. The fraction of sp³-hybridized carbons (Fsp3) is 0.375. The van der Waals surface area contributed by atoms with Crippen LogP contribution in [0.3, 0.4) is 0 Å². The molecule has 1 nitrogen and oxygen atoms in total. The molecule has 0 radical (unpaired) electrons. The Balaban J connectivity index is 1.89. The van der Waals surface area contributed by atoms with E-state index in [-0.39, 0.29) is 0 Å². The second-order valence-electron chi connectivity index (χ2n) is 4.70. The van der Waals surface area contributed by atoms with Crippen molar-refractivity contribution in [3.8, 4) is 0 Å². The molecule has 0 aliphatic carbocycles. The number of benzene rings is 1. The Labute approximate surface area is 124 Å². The number of hydrogen-bond acceptors (Lipinski definition) is 2. The van der Waals surface area contributed by atoms with Gasteiger partial charge in [0.15, 0.2) is 0 Å². The summed E-state index contributed by atoms with van der Waals surface area (Å²) in [4.78, 5) is 1.47. The first-order valence-electron chi connectivity index (χ1n) is 6.78. The van der Waals surface area contributed by atoms with E-state index >= 15 is 0 Å². The maximum absolute atomic E-state index is 5.92. The van der Waals surface area contributed by atoms with Crippen LogP contribution in [-0.2, 0) is 12.8 Å². The third kappa shape index (κ3) is 4.98. The molecule has 1 atom stereocenters. The third-order valence-electron chi connectivity index (χ3n) is 3.21. The van der Waals surface area contributed by atoms with Gasteiger partial charge >= 0.3 is 0 Å². The quantitative estimate of drug-likeness (QED) is 0.789. The van der Waals surface area contributed by atoms with E-state index in [0.717, 1.165) is 24.4 Å². The van der Waals surface area contributed by atoms with Crippen LogP contribution in [0.2, 0.25) is 5.02 Å². The fourth-order valence-corrected chi connectivity index (χ4v) is 3.09.